The molecule has 0 amide bonds. The maximum absolute atomic E-state index is 11.5. The number of Topliss-reactive ketones (excluding diaryl/α,β-unsaturated/α-hetero) is 1. The predicted octanol–water partition coefficient (Wildman–Crippen LogP) is 3.08. The zero-order valence-electron chi connectivity index (χ0n) is 9.27. The fourth-order valence-electron chi connectivity index (χ4n) is 1.75. The van der Waals surface area contributed by atoms with Crippen LogP contribution in [-0.4, -0.2) is 16.0 Å². The molecule has 0 aliphatic rings. The lowest BCUT2D eigenvalue weighted by Crippen LogP contribution is -1.96. The van der Waals surface area contributed by atoms with Gasteiger partial charge in [-0.15, -0.1) is 0 Å². The zero-order chi connectivity index (χ0) is 12.7. The van der Waals surface area contributed by atoms with E-state index in [1.54, 1.807) is 13.0 Å². The Kier molecular flexibility index (Phi) is 2.63. The van der Waals surface area contributed by atoms with Crippen molar-refractivity contribution in [1.29, 1.82) is 0 Å². The molecule has 2 rings (SSSR count). The van der Waals surface area contributed by atoms with E-state index in [4.69, 9.17) is 16.6 Å². The van der Waals surface area contributed by atoms with Crippen LogP contribution in [-0.2, 0) is 0 Å². The molecule has 2 aromatic rings. The first kappa shape index (κ1) is 11.6. The van der Waals surface area contributed by atoms with Gasteiger partial charge in [0.15, 0.2) is 27.6 Å². The number of fused-ring (bicyclic) bond motifs is 1. The highest BCUT2D eigenvalue weighted by Gasteiger charge is 2.19. The average molecular weight is 250 g/mol. The van der Waals surface area contributed by atoms with Gasteiger partial charge in [0.05, 0.1) is 0 Å². The number of rotatable bonds is 1. The van der Waals surface area contributed by atoms with Crippen molar-refractivity contribution in [3.63, 3.8) is 0 Å². The van der Waals surface area contributed by atoms with E-state index in [0.717, 1.165) is 5.56 Å². The Morgan fingerprint density at radius 3 is 2.59 bits per heavy atom. The van der Waals surface area contributed by atoms with Gasteiger partial charge in [-0.3, -0.25) is 4.79 Å². The number of benzene rings is 1. The van der Waals surface area contributed by atoms with Gasteiger partial charge in [0.25, 0.3) is 0 Å². The van der Waals surface area contributed by atoms with Gasteiger partial charge in [-0.1, -0.05) is 0 Å². The van der Waals surface area contributed by atoms with Crippen LogP contribution in [0.2, 0.25) is 0 Å². The first-order valence-corrected chi connectivity index (χ1v) is 5.33. The van der Waals surface area contributed by atoms with Crippen LogP contribution >= 0.6 is 12.2 Å². The molecule has 17 heavy (non-hydrogen) atoms. The first-order chi connectivity index (χ1) is 7.91. The normalized spacial score (nSPS) is 10.7. The third-order valence-corrected chi connectivity index (χ3v) is 2.75. The summed E-state index contributed by atoms with van der Waals surface area (Å²) < 4.78 is 5.52. The molecule has 0 saturated heterocycles. The van der Waals surface area contributed by atoms with Crippen LogP contribution in [0.1, 0.15) is 22.8 Å². The molecule has 0 bridgehead atoms. The quantitative estimate of drug-likeness (QED) is 0.462. The van der Waals surface area contributed by atoms with E-state index in [9.17, 15) is 15.0 Å². The number of phenols is 2. The minimum absolute atomic E-state index is 0.0465. The molecule has 4 nitrogen and oxygen atoms in total. The topological polar surface area (TPSA) is 70.7 Å². The first-order valence-electron chi connectivity index (χ1n) is 4.92. The number of hydrogen-bond acceptors (Lipinski definition) is 5. The highest BCUT2D eigenvalue weighted by atomic mass is 32.1. The smallest absolute Gasteiger partial charge is 0.191 e. The van der Waals surface area contributed by atoms with Crippen LogP contribution in [0, 0.1) is 11.6 Å². The third kappa shape index (κ3) is 1.78. The zero-order valence-corrected chi connectivity index (χ0v) is 10.1. The van der Waals surface area contributed by atoms with Crippen molar-refractivity contribution in [3.8, 4) is 11.5 Å². The van der Waals surface area contributed by atoms with Crippen LogP contribution in [0.4, 0.5) is 0 Å². The van der Waals surface area contributed by atoms with Gasteiger partial charge in [-0.05, 0) is 43.8 Å². The van der Waals surface area contributed by atoms with E-state index in [1.807, 2.05) is 0 Å². The predicted molar refractivity (Wildman–Crippen MR) is 65.1 cm³/mol. The summed E-state index contributed by atoms with van der Waals surface area (Å²) in [4.78, 5) is 11.5. The molecule has 1 aromatic heterocycles. The monoisotopic (exact) mass is 250 g/mol. The molecule has 0 fully saturated rings. The fraction of sp³-hybridized carbons (Fsp3) is 0.167. The molecular weight excluding hydrogens is 240 g/mol. The highest BCUT2D eigenvalue weighted by Crippen LogP contribution is 2.37. The van der Waals surface area contributed by atoms with Crippen LogP contribution < -0.4 is 0 Å². The molecule has 5 heteroatoms. The molecule has 0 unspecified atom stereocenters. The van der Waals surface area contributed by atoms with Crippen LogP contribution in [0.25, 0.3) is 11.0 Å². The number of ketones is 1. The van der Waals surface area contributed by atoms with E-state index in [-0.39, 0.29) is 21.6 Å². The minimum Gasteiger partial charge on any atom is -0.504 e. The van der Waals surface area contributed by atoms with Gasteiger partial charge in [0.2, 0.25) is 0 Å². The summed E-state index contributed by atoms with van der Waals surface area (Å²) >= 11 is 4.93. The van der Waals surface area contributed by atoms with Crippen LogP contribution in [0.3, 0.4) is 0 Å². The summed E-state index contributed by atoms with van der Waals surface area (Å²) in [5.41, 5.74) is 0.932. The van der Waals surface area contributed by atoms with Crippen molar-refractivity contribution in [2.24, 2.45) is 0 Å². The van der Waals surface area contributed by atoms with Crippen molar-refractivity contribution >= 4 is 29.0 Å². The van der Waals surface area contributed by atoms with Crippen molar-refractivity contribution in [1.82, 2.24) is 0 Å². The van der Waals surface area contributed by atoms with Gasteiger partial charge in [0.1, 0.15) is 5.56 Å². The summed E-state index contributed by atoms with van der Waals surface area (Å²) in [5.74, 6) is -1.22. The number of aromatic hydroxyl groups is 2. The molecule has 0 spiro atoms. The van der Waals surface area contributed by atoms with Gasteiger partial charge in [-0.25, -0.2) is 0 Å². The molecule has 0 aliphatic carbocycles. The lowest BCUT2D eigenvalue weighted by atomic mass is 10.0. The van der Waals surface area contributed by atoms with E-state index in [1.165, 1.54) is 13.0 Å². The Balaban J connectivity index is 3.09. The molecule has 1 aromatic carbocycles. The van der Waals surface area contributed by atoms with Crippen molar-refractivity contribution in [2.75, 3.05) is 0 Å². The molecule has 2 N–H and O–H groups in total. The average Bonchev–Trinajstić information content (AvgIpc) is 2.20. The SMILES string of the molecule is CC(=O)c1c(O)c(O)cc2c(C)cc(=S)oc12. The lowest BCUT2D eigenvalue weighted by molar-refractivity contribution is 0.101. The van der Waals surface area contributed by atoms with Crippen LogP contribution in [0.15, 0.2) is 16.5 Å². The number of phenolic OH excluding ortho intramolecular Hbond substituents is 2. The number of carbonyl (C=O) groups excluding carboxylic acids is 1. The molecule has 1 heterocycles. The van der Waals surface area contributed by atoms with E-state index in [0.29, 0.717) is 5.39 Å². The van der Waals surface area contributed by atoms with E-state index in [2.05, 4.69) is 0 Å². The molecule has 88 valence electrons. The Morgan fingerprint density at radius 1 is 1.35 bits per heavy atom. The summed E-state index contributed by atoms with van der Waals surface area (Å²) in [6.07, 6.45) is 0. The Bertz CT molecular complexity index is 685. The summed E-state index contributed by atoms with van der Waals surface area (Å²) in [5, 5.41) is 19.8. The van der Waals surface area contributed by atoms with Gasteiger partial charge >= 0.3 is 0 Å². The lowest BCUT2D eigenvalue weighted by Gasteiger charge is -2.08. The number of hydrogen-bond donors (Lipinski definition) is 2. The summed E-state index contributed by atoms with van der Waals surface area (Å²) in [6, 6.07) is 2.97. The third-order valence-electron chi connectivity index (χ3n) is 2.55. The van der Waals surface area contributed by atoms with Crippen LogP contribution in [0.5, 0.6) is 11.5 Å². The summed E-state index contributed by atoms with van der Waals surface area (Å²) in [7, 11) is 0. The van der Waals surface area contributed by atoms with Gasteiger partial charge in [0, 0.05) is 5.39 Å². The molecule has 0 atom stereocenters. The maximum atomic E-state index is 11.5. The van der Waals surface area contributed by atoms with E-state index >= 15 is 0 Å². The molecule has 0 saturated carbocycles. The standard InChI is InChI=1S/C12H10O4S/c1-5-3-9(17)16-12-7(5)4-8(14)11(15)10(12)6(2)13/h3-4,14-15H,1-2H3. The van der Waals surface area contributed by atoms with Gasteiger partial charge in [-0.2, -0.15) is 0 Å². The summed E-state index contributed by atoms with van der Waals surface area (Å²) in [6.45, 7) is 3.07. The second-order valence-electron chi connectivity index (χ2n) is 3.80. The van der Waals surface area contributed by atoms with Gasteiger partial charge < -0.3 is 14.6 Å². The Hall–Kier alpha value is -1.88. The molecule has 0 aliphatic heterocycles. The Morgan fingerprint density at radius 2 is 2.00 bits per heavy atom. The van der Waals surface area contributed by atoms with Crippen molar-refractivity contribution < 1.29 is 19.4 Å². The minimum atomic E-state index is -0.478. The Labute approximate surface area is 102 Å². The second-order valence-corrected chi connectivity index (χ2v) is 4.20. The maximum Gasteiger partial charge on any atom is 0.191 e. The molecular formula is C12H10O4S. The number of aryl methyl sites for hydroxylation is 1. The largest absolute Gasteiger partial charge is 0.504 e. The van der Waals surface area contributed by atoms with E-state index < -0.39 is 11.5 Å². The van der Waals surface area contributed by atoms with Crippen molar-refractivity contribution in [3.05, 3.63) is 28.0 Å². The molecule has 0 radical (unpaired) electrons. The fourth-order valence-corrected chi connectivity index (χ4v) is 2.01. The number of carbonyl (C=O) groups is 1. The van der Waals surface area contributed by atoms with Crippen molar-refractivity contribution in [2.45, 2.75) is 13.8 Å². The second kappa shape index (κ2) is 3.85. The highest BCUT2D eigenvalue weighted by molar-refractivity contribution is 7.71.